The number of hydrogen-bond acceptors (Lipinski definition) is 2. The summed E-state index contributed by atoms with van der Waals surface area (Å²) < 4.78 is 0. The second-order valence-electron chi connectivity index (χ2n) is 16.0. The molecule has 0 amide bonds. The molecule has 0 saturated carbocycles. The van der Waals surface area contributed by atoms with Crippen molar-refractivity contribution in [1.29, 1.82) is 0 Å². The SMILES string of the molecule is c1ccc(-c2cccc(-c3cc(-c4ccccc4-c4ccccc4)nc(-c4cccc5c4-c4ccccc4C54c5ccccc5-c5ccccc5-c5ccccc54)n3)c2)cc1. The van der Waals surface area contributed by atoms with Gasteiger partial charge in [-0.2, -0.15) is 0 Å². The molecule has 0 saturated heterocycles. The van der Waals surface area contributed by atoms with Crippen molar-refractivity contribution in [1.82, 2.24) is 9.97 Å². The van der Waals surface area contributed by atoms with Crippen molar-refractivity contribution < 1.29 is 0 Å². The van der Waals surface area contributed by atoms with Crippen LogP contribution in [0, 0.1) is 0 Å². The van der Waals surface area contributed by atoms with Gasteiger partial charge in [0.05, 0.1) is 16.8 Å². The summed E-state index contributed by atoms with van der Waals surface area (Å²) >= 11 is 0. The smallest absolute Gasteiger partial charge is 0.161 e. The quantitative estimate of drug-likeness (QED) is 0.174. The Labute approximate surface area is 356 Å². The van der Waals surface area contributed by atoms with Gasteiger partial charge in [0.2, 0.25) is 0 Å². The third kappa shape index (κ3) is 5.43. The van der Waals surface area contributed by atoms with Gasteiger partial charge in [0, 0.05) is 16.7 Å². The number of fused-ring (bicyclic) bond motifs is 12. The number of benzene rings is 9. The van der Waals surface area contributed by atoms with E-state index in [0.29, 0.717) is 5.82 Å². The standard InChI is InChI=1S/C59H38N2/c1-3-19-39(20-4-1)41-23-17-24-42(37-41)55-38-56(48-30-10-7-25-43(48)40-21-5-2-6-22-40)61-58(60-55)50-32-18-36-54-57(50)49-31-13-16-35-53(49)59(54)51-33-14-11-28-46(51)44-26-8-9-27-45(44)47-29-12-15-34-52(47)59/h1-38H. The van der Waals surface area contributed by atoms with Crippen LogP contribution in [0.1, 0.15) is 22.3 Å². The fraction of sp³-hybridized carbons (Fsp3) is 0.0169. The van der Waals surface area contributed by atoms with E-state index in [2.05, 4.69) is 231 Å². The van der Waals surface area contributed by atoms with Gasteiger partial charge in [0.25, 0.3) is 0 Å². The first kappa shape index (κ1) is 35.0. The first-order valence-electron chi connectivity index (χ1n) is 21.0. The second kappa shape index (κ2) is 14.1. The molecular formula is C59H38N2. The van der Waals surface area contributed by atoms with E-state index < -0.39 is 5.41 Å². The van der Waals surface area contributed by atoms with Crippen molar-refractivity contribution >= 4 is 0 Å². The zero-order valence-corrected chi connectivity index (χ0v) is 33.3. The topological polar surface area (TPSA) is 25.8 Å². The van der Waals surface area contributed by atoms with Gasteiger partial charge < -0.3 is 0 Å². The van der Waals surface area contributed by atoms with Crippen LogP contribution in [-0.4, -0.2) is 9.97 Å². The summed E-state index contributed by atoms with van der Waals surface area (Å²) in [7, 11) is 0. The zero-order chi connectivity index (χ0) is 40.3. The minimum Gasteiger partial charge on any atom is -0.228 e. The van der Waals surface area contributed by atoms with Crippen LogP contribution >= 0.6 is 0 Å². The fourth-order valence-corrected chi connectivity index (χ4v) is 10.2. The van der Waals surface area contributed by atoms with Gasteiger partial charge in [0.1, 0.15) is 0 Å². The average molecular weight is 775 g/mol. The molecule has 61 heavy (non-hydrogen) atoms. The van der Waals surface area contributed by atoms with Gasteiger partial charge >= 0.3 is 0 Å². The van der Waals surface area contributed by atoms with Crippen LogP contribution in [0.2, 0.25) is 0 Å². The van der Waals surface area contributed by atoms with Gasteiger partial charge in [-0.15, -0.1) is 0 Å². The summed E-state index contributed by atoms with van der Waals surface area (Å²) in [6, 6.07) is 83.5. The van der Waals surface area contributed by atoms with E-state index in [4.69, 9.17) is 9.97 Å². The lowest BCUT2D eigenvalue weighted by Gasteiger charge is -2.35. The summed E-state index contributed by atoms with van der Waals surface area (Å²) in [5.41, 5.74) is 21.3. The molecule has 284 valence electrons. The van der Waals surface area contributed by atoms with Crippen molar-refractivity contribution in [3.05, 3.63) is 253 Å². The van der Waals surface area contributed by atoms with Crippen molar-refractivity contribution in [2.45, 2.75) is 5.41 Å². The predicted molar refractivity (Wildman–Crippen MR) is 251 cm³/mol. The van der Waals surface area contributed by atoms with Crippen molar-refractivity contribution in [2.75, 3.05) is 0 Å². The molecule has 2 aliphatic carbocycles. The molecule has 1 heterocycles. The summed E-state index contributed by atoms with van der Waals surface area (Å²) in [5.74, 6) is 0.697. The highest BCUT2D eigenvalue weighted by Gasteiger charge is 2.50. The fourth-order valence-electron chi connectivity index (χ4n) is 10.2. The molecule has 1 aromatic heterocycles. The molecule has 1 spiro atoms. The predicted octanol–water partition coefficient (Wildman–Crippen LogP) is 14.8. The number of hydrogen-bond donors (Lipinski definition) is 0. The lowest BCUT2D eigenvalue weighted by molar-refractivity contribution is 0.775. The maximum atomic E-state index is 5.58. The Kier molecular flexibility index (Phi) is 8.11. The molecule has 0 unspecified atom stereocenters. The Morgan fingerprint density at radius 3 is 1.33 bits per heavy atom. The largest absolute Gasteiger partial charge is 0.228 e. The summed E-state index contributed by atoms with van der Waals surface area (Å²) in [4.78, 5) is 11.1. The molecule has 2 heteroatoms. The Morgan fingerprint density at radius 1 is 0.246 bits per heavy atom. The van der Waals surface area contributed by atoms with E-state index in [9.17, 15) is 0 Å². The molecule has 0 radical (unpaired) electrons. The third-order valence-electron chi connectivity index (χ3n) is 12.8. The van der Waals surface area contributed by atoms with Gasteiger partial charge in [-0.3, -0.25) is 0 Å². The number of rotatable bonds is 5. The van der Waals surface area contributed by atoms with E-state index in [0.717, 1.165) is 44.8 Å². The van der Waals surface area contributed by atoms with Crippen LogP contribution in [0.5, 0.6) is 0 Å². The summed E-state index contributed by atoms with van der Waals surface area (Å²) in [6.45, 7) is 0. The van der Waals surface area contributed by atoms with E-state index in [1.165, 1.54) is 61.2 Å². The molecule has 9 aromatic carbocycles. The molecule has 12 rings (SSSR count). The minimum atomic E-state index is -0.599. The minimum absolute atomic E-state index is 0.599. The maximum Gasteiger partial charge on any atom is 0.161 e. The zero-order valence-electron chi connectivity index (χ0n) is 33.3. The van der Waals surface area contributed by atoms with Crippen molar-refractivity contribution in [2.24, 2.45) is 0 Å². The monoisotopic (exact) mass is 774 g/mol. The third-order valence-corrected chi connectivity index (χ3v) is 12.8. The lowest BCUT2D eigenvalue weighted by atomic mass is 9.66. The molecule has 2 aliphatic rings. The summed E-state index contributed by atoms with van der Waals surface area (Å²) in [6.07, 6.45) is 0. The molecule has 0 aliphatic heterocycles. The molecule has 0 fully saturated rings. The molecular weight excluding hydrogens is 737 g/mol. The van der Waals surface area contributed by atoms with Crippen molar-refractivity contribution in [3.63, 3.8) is 0 Å². The van der Waals surface area contributed by atoms with Gasteiger partial charge in [-0.25, -0.2) is 9.97 Å². The summed E-state index contributed by atoms with van der Waals surface area (Å²) in [5, 5.41) is 0. The Balaban J connectivity index is 1.15. The highest BCUT2D eigenvalue weighted by atomic mass is 14.9. The van der Waals surface area contributed by atoms with Crippen LogP contribution in [0.3, 0.4) is 0 Å². The molecule has 0 bridgehead atoms. The Morgan fingerprint density at radius 2 is 0.672 bits per heavy atom. The molecule has 2 nitrogen and oxygen atoms in total. The number of aromatic nitrogens is 2. The lowest BCUT2D eigenvalue weighted by Crippen LogP contribution is -2.29. The van der Waals surface area contributed by atoms with Gasteiger partial charge in [0.15, 0.2) is 5.82 Å². The van der Waals surface area contributed by atoms with Gasteiger partial charge in [-0.05, 0) is 90.0 Å². The molecule has 10 aromatic rings. The van der Waals surface area contributed by atoms with Crippen LogP contribution in [0.15, 0.2) is 231 Å². The van der Waals surface area contributed by atoms with E-state index >= 15 is 0 Å². The molecule has 0 atom stereocenters. The van der Waals surface area contributed by atoms with E-state index in [-0.39, 0.29) is 0 Å². The van der Waals surface area contributed by atoms with Crippen molar-refractivity contribution in [3.8, 4) is 89.5 Å². The first-order valence-corrected chi connectivity index (χ1v) is 21.0. The van der Waals surface area contributed by atoms with E-state index in [1.807, 2.05) is 0 Å². The van der Waals surface area contributed by atoms with Crippen LogP contribution < -0.4 is 0 Å². The van der Waals surface area contributed by atoms with Crippen LogP contribution in [-0.2, 0) is 5.41 Å². The van der Waals surface area contributed by atoms with Gasteiger partial charge in [-0.1, -0.05) is 218 Å². The Bertz CT molecular complexity index is 3240. The number of nitrogens with zero attached hydrogens (tertiary/aromatic N) is 2. The Hall–Kier alpha value is -7.94. The maximum absolute atomic E-state index is 5.58. The first-order chi connectivity index (χ1) is 30.3. The second-order valence-corrected chi connectivity index (χ2v) is 16.0. The molecule has 0 N–H and O–H groups in total. The highest BCUT2D eigenvalue weighted by molar-refractivity contribution is 6.00. The van der Waals surface area contributed by atoms with Crippen LogP contribution in [0.25, 0.3) is 89.5 Å². The highest BCUT2D eigenvalue weighted by Crippen LogP contribution is 2.62. The van der Waals surface area contributed by atoms with Crippen LogP contribution in [0.4, 0.5) is 0 Å². The van der Waals surface area contributed by atoms with E-state index in [1.54, 1.807) is 0 Å². The normalized spacial score (nSPS) is 12.7. The average Bonchev–Trinajstić information content (AvgIpc) is 3.59.